The average molecular weight is 377 g/mol. The number of hydrogen-bond acceptors (Lipinski definition) is 2. The third-order valence-corrected chi connectivity index (χ3v) is 4.78. The number of anilines is 1. The fourth-order valence-corrected chi connectivity index (χ4v) is 3.23. The van der Waals surface area contributed by atoms with E-state index in [0.717, 1.165) is 32.4 Å². The van der Waals surface area contributed by atoms with E-state index in [2.05, 4.69) is 5.32 Å². The van der Waals surface area contributed by atoms with Gasteiger partial charge in [-0.3, -0.25) is 4.79 Å². The number of halogens is 2. The lowest BCUT2D eigenvalue weighted by Crippen LogP contribution is -2.38. The molecule has 0 aliphatic carbocycles. The minimum atomic E-state index is -0.185. The van der Waals surface area contributed by atoms with E-state index in [1.165, 1.54) is 0 Å². The lowest BCUT2D eigenvalue weighted by atomic mass is 10.0. The van der Waals surface area contributed by atoms with Crippen molar-refractivity contribution in [1.29, 1.82) is 0 Å². The van der Waals surface area contributed by atoms with Crippen molar-refractivity contribution >= 4 is 40.7 Å². The van der Waals surface area contributed by atoms with E-state index in [9.17, 15) is 9.59 Å². The summed E-state index contributed by atoms with van der Waals surface area (Å²) in [6.07, 6.45) is 3.22. The number of benzene rings is 2. The molecule has 1 N–H and O–H groups in total. The Morgan fingerprint density at radius 1 is 0.920 bits per heavy atom. The van der Waals surface area contributed by atoms with Gasteiger partial charge in [0, 0.05) is 34.9 Å². The summed E-state index contributed by atoms with van der Waals surface area (Å²) in [7, 11) is 0. The molecule has 2 aromatic carbocycles. The van der Waals surface area contributed by atoms with Crippen molar-refractivity contribution in [3.8, 4) is 0 Å². The van der Waals surface area contributed by atoms with Crippen molar-refractivity contribution in [2.45, 2.75) is 19.3 Å². The Labute approximate surface area is 156 Å². The number of hydrogen-bond donors (Lipinski definition) is 1. The number of rotatable bonds is 3. The van der Waals surface area contributed by atoms with Crippen molar-refractivity contribution in [2.75, 3.05) is 18.4 Å². The van der Waals surface area contributed by atoms with E-state index in [0.29, 0.717) is 26.9 Å². The molecule has 1 aliphatic rings. The molecule has 2 aromatic rings. The number of nitrogens with zero attached hydrogens (tertiary/aromatic N) is 1. The normalized spacial score (nSPS) is 14.2. The molecule has 0 unspecified atom stereocenters. The predicted octanol–water partition coefficient (Wildman–Crippen LogP) is 5.24. The summed E-state index contributed by atoms with van der Waals surface area (Å²) in [6.45, 7) is 1.54. The van der Waals surface area contributed by atoms with Crippen molar-refractivity contribution in [3.63, 3.8) is 0 Å². The number of piperidine rings is 1. The van der Waals surface area contributed by atoms with Crippen LogP contribution in [0.15, 0.2) is 42.5 Å². The third-order valence-electron chi connectivity index (χ3n) is 4.21. The standard InChI is InChI=1S/C19H18Cl2N2O2/c20-14-6-4-13(5-7-14)18(24)16-9-8-15(12-17(16)21)22-19(25)23-10-2-1-3-11-23/h4-9,12H,1-3,10-11H2,(H,22,25). The summed E-state index contributed by atoms with van der Waals surface area (Å²) in [4.78, 5) is 26.6. The number of carbonyl (C=O) groups excluding carboxylic acids is 2. The van der Waals surface area contributed by atoms with Crippen LogP contribution in [-0.2, 0) is 0 Å². The van der Waals surface area contributed by atoms with Crippen molar-refractivity contribution < 1.29 is 9.59 Å². The maximum absolute atomic E-state index is 12.5. The summed E-state index contributed by atoms with van der Waals surface area (Å²) in [6, 6.07) is 11.4. The summed E-state index contributed by atoms with van der Waals surface area (Å²) < 4.78 is 0. The Balaban J connectivity index is 1.73. The fraction of sp³-hybridized carbons (Fsp3) is 0.263. The smallest absolute Gasteiger partial charge is 0.321 e. The Morgan fingerprint density at radius 2 is 1.60 bits per heavy atom. The highest BCUT2D eigenvalue weighted by Gasteiger charge is 2.18. The lowest BCUT2D eigenvalue weighted by molar-refractivity contribution is 0.103. The zero-order valence-electron chi connectivity index (χ0n) is 13.6. The number of carbonyl (C=O) groups is 2. The summed E-state index contributed by atoms with van der Waals surface area (Å²) in [5.74, 6) is -0.185. The van der Waals surface area contributed by atoms with Crippen molar-refractivity contribution in [1.82, 2.24) is 4.90 Å². The molecule has 0 spiro atoms. The molecule has 1 aliphatic heterocycles. The van der Waals surface area contributed by atoms with Gasteiger partial charge in [-0.05, 0) is 61.7 Å². The van der Waals surface area contributed by atoms with E-state index in [1.54, 1.807) is 47.4 Å². The lowest BCUT2D eigenvalue weighted by Gasteiger charge is -2.26. The van der Waals surface area contributed by atoms with Gasteiger partial charge in [0.15, 0.2) is 5.78 Å². The Bertz CT molecular complexity index is 785. The highest BCUT2D eigenvalue weighted by molar-refractivity contribution is 6.35. The van der Waals surface area contributed by atoms with Gasteiger partial charge in [-0.2, -0.15) is 0 Å². The van der Waals surface area contributed by atoms with Crippen LogP contribution in [0.5, 0.6) is 0 Å². The van der Waals surface area contributed by atoms with Gasteiger partial charge in [-0.1, -0.05) is 23.2 Å². The van der Waals surface area contributed by atoms with Crippen LogP contribution in [0, 0.1) is 0 Å². The summed E-state index contributed by atoms with van der Waals surface area (Å²) in [5, 5.41) is 3.71. The van der Waals surface area contributed by atoms with Crippen molar-refractivity contribution in [3.05, 3.63) is 63.6 Å². The Morgan fingerprint density at radius 3 is 2.24 bits per heavy atom. The number of ketones is 1. The Hall–Kier alpha value is -2.04. The van der Waals surface area contributed by atoms with Crippen LogP contribution in [0.25, 0.3) is 0 Å². The second-order valence-electron chi connectivity index (χ2n) is 6.01. The zero-order chi connectivity index (χ0) is 17.8. The van der Waals surface area contributed by atoms with E-state index in [1.807, 2.05) is 0 Å². The molecule has 130 valence electrons. The second kappa shape index (κ2) is 7.89. The molecule has 0 aromatic heterocycles. The molecular formula is C19H18Cl2N2O2. The minimum absolute atomic E-state index is 0.132. The van der Waals surface area contributed by atoms with E-state index in [4.69, 9.17) is 23.2 Å². The first-order valence-electron chi connectivity index (χ1n) is 8.20. The van der Waals surface area contributed by atoms with Crippen LogP contribution in [-0.4, -0.2) is 29.8 Å². The topological polar surface area (TPSA) is 49.4 Å². The van der Waals surface area contributed by atoms with Gasteiger partial charge in [0.25, 0.3) is 0 Å². The van der Waals surface area contributed by atoms with Gasteiger partial charge < -0.3 is 10.2 Å². The van der Waals surface area contributed by atoms with Crippen molar-refractivity contribution in [2.24, 2.45) is 0 Å². The minimum Gasteiger partial charge on any atom is -0.325 e. The fourth-order valence-electron chi connectivity index (χ4n) is 2.83. The first kappa shape index (κ1) is 17.8. The first-order chi connectivity index (χ1) is 12.0. The molecule has 25 heavy (non-hydrogen) atoms. The SMILES string of the molecule is O=C(c1ccc(Cl)cc1)c1ccc(NC(=O)N2CCCCC2)cc1Cl. The monoisotopic (exact) mass is 376 g/mol. The van der Waals surface area contributed by atoms with Gasteiger partial charge >= 0.3 is 6.03 Å². The van der Waals surface area contributed by atoms with Gasteiger partial charge in [-0.25, -0.2) is 4.79 Å². The van der Waals surface area contributed by atoms with Gasteiger partial charge in [0.05, 0.1) is 5.02 Å². The molecule has 0 saturated carbocycles. The van der Waals surface area contributed by atoms with Gasteiger partial charge in [0.2, 0.25) is 0 Å². The summed E-state index contributed by atoms with van der Waals surface area (Å²) in [5.41, 5.74) is 1.48. The maximum Gasteiger partial charge on any atom is 0.321 e. The average Bonchev–Trinajstić information content (AvgIpc) is 2.62. The second-order valence-corrected chi connectivity index (χ2v) is 6.85. The molecule has 2 amide bonds. The molecule has 0 bridgehead atoms. The third kappa shape index (κ3) is 4.33. The number of likely N-dealkylation sites (tertiary alicyclic amines) is 1. The van der Waals surface area contributed by atoms with Crippen LogP contribution in [0.4, 0.5) is 10.5 Å². The first-order valence-corrected chi connectivity index (χ1v) is 8.96. The molecule has 1 fully saturated rings. The van der Waals surface area contributed by atoms with Crippen LogP contribution in [0.3, 0.4) is 0 Å². The number of amides is 2. The summed E-state index contributed by atoms with van der Waals surface area (Å²) >= 11 is 12.1. The van der Waals surface area contributed by atoms with Crippen LogP contribution < -0.4 is 5.32 Å². The molecule has 1 heterocycles. The Kier molecular flexibility index (Phi) is 5.61. The molecule has 3 rings (SSSR count). The molecule has 0 radical (unpaired) electrons. The van der Waals surface area contributed by atoms with Crippen LogP contribution in [0.1, 0.15) is 35.2 Å². The molecule has 4 nitrogen and oxygen atoms in total. The largest absolute Gasteiger partial charge is 0.325 e. The number of nitrogens with one attached hydrogen (secondary N) is 1. The van der Waals surface area contributed by atoms with E-state index < -0.39 is 0 Å². The number of urea groups is 1. The van der Waals surface area contributed by atoms with Gasteiger partial charge in [0.1, 0.15) is 0 Å². The molecule has 0 atom stereocenters. The molecule has 1 saturated heterocycles. The highest BCUT2D eigenvalue weighted by Crippen LogP contribution is 2.24. The molecular weight excluding hydrogens is 359 g/mol. The van der Waals surface area contributed by atoms with Crippen LogP contribution >= 0.6 is 23.2 Å². The maximum atomic E-state index is 12.5. The quantitative estimate of drug-likeness (QED) is 0.744. The van der Waals surface area contributed by atoms with E-state index in [-0.39, 0.29) is 11.8 Å². The molecule has 6 heteroatoms. The predicted molar refractivity (Wildman–Crippen MR) is 101 cm³/mol. The zero-order valence-corrected chi connectivity index (χ0v) is 15.1. The van der Waals surface area contributed by atoms with Crippen LogP contribution in [0.2, 0.25) is 10.0 Å². The van der Waals surface area contributed by atoms with E-state index >= 15 is 0 Å². The van der Waals surface area contributed by atoms with Gasteiger partial charge in [-0.15, -0.1) is 0 Å². The highest BCUT2D eigenvalue weighted by atomic mass is 35.5.